The number of aromatic nitrogens is 3. The van der Waals surface area contributed by atoms with Crippen LogP contribution in [0.2, 0.25) is 0 Å². The third-order valence-corrected chi connectivity index (χ3v) is 2.76. The molecule has 0 atom stereocenters. The van der Waals surface area contributed by atoms with Gasteiger partial charge in [0, 0.05) is 4.90 Å². The highest BCUT2D eigenvalue weighted by Gasteiger charge is 2.00. The second-order valence-corrected chi connectivity index (χ2v) is 3.99. The molecule has 4 heteroatoms. The zero-order chi connectivity index (χ0) is 9.80. The summed E-state index contributed by atoms with van der Waals surface area (Å²) in [5.74, 6) is 2.54. The van der Waals surface area contributed by atoms with Crippen LogP contribution in [-0.4, -0.2) is 15.2 Å². The average molecular weight is 205 g/mol. The van der Waals surface area contributed by atoms with Crippen molar-refractivity contribution in [3.63, 3.8) is 0 Å². The molecule has 0 saturated heterocycles. The van der Waals surface area contributed by atoms with Gasteiger partial charge >= 0.3 is 0 Å². The van der Waals surface area contributed by atoms with Gasteiger partial charge in [-0.1, -0.05) is 18.2 Å². The maximum atomic E-state index is 4.24. The van der Waals surface area contributed by atoms with E-state index < -0.39 is 0 Å². The van der Waals surface area contributed by atoms with Crippen molar-refractivity contribution in [1.29, 1.82) is 0 Å². The second kappa shape index (κ2) is 4.28. The van der Waals surface area contributed by atoms with E-state index in [1.807, 2.05) is 25.1 Å². The van der Waals surface area contributed by atoms with E-state index in [9.17, 15) is 0 Å². The fraction of sp³-hybridized carbons (Fsp3) is 0.200. The number of hydrogen-bond donors (Lipinski definition) is 1. The first-order valence-electron chi connectivity index (χ1n) is 4.40. The second-order valence-electron chi connectivity index (χ2n) is 2.94. The number of thioether (sulfide) groups is 1. The molecule has 1 aromatic carbocycles. The Bertz CT molecular complexity index is 397. The lowest BCUT2D eigenvalue weighted by atomic mass is 10.4. The molecule has 0 spiro atoms. The standard InChI is InChI=1S/C10H11N3S/c1-8-11-10(13-12-8)7-14-9-5-3-2-4-6-9/h2-6H,7H2,1H3,(H,11,12,13). The average Bonchev–Trinajstić information content (AvgIpc) is 2.63. The van der Waals surface area contributed by atoms with E-state index in [0.717, 1.165) is 17.4 Å². The Hall–Kier alpha value is -1.29. The molecule has 0 radical (unpaired) electrons. The van der Waals surface area contributed by atoms with Gasteiger partial charge in [-0.05, 0) is 19.1 Å². The number of aryl methyl sites for hydroxylation is 1. The Kier molecular flexibility index (Phi) is 2.84. The summed E-state index contributed by atoms with van der Waals surface area (Å²) in [4.78, 5) is 5.48. The van der Waals surface area contributed by atoms with Gasteiger partial charge in [0.2, 0.25) is 0 Å². The predicted octanol–water partition coefficient (Wildman–Crippen LogP) is 2.41. The smallest absolute Gasteiger partial charge is 0.160 e. The van der Waals surface area contributed by atoms with Gasteiger partial charge in [0.05, 0.1) is 5.75 Å². The van der Waals surface area contributed by atoms with E-state index in [1.165, 1.54) is 4.90 Å². The first-order valence-corrected chi connectivity index (χ1v) is 5.39. The van der Waals surface area contributed by atoms with Crippen LogP contribution in [-0.2, 0) is 5.75 Å². The summed E-state index contributed by atoms with van der Waals surface area (Å²) < 4.78 is 0. The molecular weight excluding hydrogens is 194 g/mol. The first-order chi connectivity index (χ1) is 6.84. The zero-order valence-electron chi connectivity index (χ0n) is 7.90. The summed E-state index contributed by atoms with van der Waals surface area (Å²) in [7, 11) is 0. The van der Waals surface area contributed by atoms with Gasteiger partial charge in [-0.15, -0.1) is 11.8 Å². The molecule has 0 aliphatic rings. The highest BCUT2D eigenvalue weighted by Crippen LogP contribution is 2.20. The normalized spacial score (nSPS) is 10.4. The molecular formula is C10H11N3S. The van der Waals surface area contributed by atoms with Gasteiger partial charge in [-0.2, -0.15) is 5.10 Å². The number of H-pyrrole nitrogens is 1. The maximum absolute atomic E-state index is 4.24. The largest absolute Gasteiger partial charge is 0.263 e. The van der Waals surface area contributed by atoms with Crippen molar-refractivity contribution in [2.45, 2.75) is 17.6 Å². The molecule has 0 saturated carbocycles. The molecule has 3 nitrogen and oxygen atoms in total. The maximum Gasteiger partial charge on any atom is 0.160 e. The number of nitrogens with one attached hydrogen (secondary N) is 1. The summed E-state index contributed by atoms with van der Waals surface area (Å²) in [6.07, 6.45) is 0. The van der Waals surface area contributed by atoms with Crippen molar-refractivity contribution in [2.24, 2.45) is 0 Å². The molecule has 0 unspecified atom stereocenters. The molecule has 0 bridgehead atoms. The minimum atomic E-state index is 0.814. The molecule has 1 N–H and O–H groups in total. The SMILES string of the molecule is Cc1nc(CSc2ccccc2)n[nH]1. The van der Waals surface area contributed by atoms with Gasteiger partial charge in [-0.25, -0.2) is 4.98 Å². The lowest BCUT2D eigenvalue weighted by molar-refractivity contribution is 1.01. The lowest BCUT2D eigenvalue weighted by Gasteiger charge is -1.96. The summed E-state index contributed by atoms with van der Waals surface area (Å²) in [6, 6.07) is 10.3. The van der Waals surface area contributed by atoms with Crippen molar-refractivity contribution in [3.8, 4) is 0 Å². The van der Waals surface area contributed by atoms with Crippen LogP contribution in [0.1, 0.15) is 11.6 Å². The zero-order valence-corrected chi connectivity index (χ0v) is 8.71. The lowest BCUT2D eigenvalue weighted by Crippen LogP contribution is -1.83. The van der Waals surface area contributed by atoms with Crippen LogP contribution in [0, 0.1) is 6.92 Å². The summed E-state index contributed by atoms with van der Waals surface area (Å²) in [5.41, 5.74) is 0. The van der Waals surface area contributed by atoms with E-state index in [4.69, 9.17) is 0 Å². The number of rotatable bonds is 3. The van der Waals surface area contributed by atoms with E-state index in [0.29, 0.717) is 0 Å². The Labute approximate surface area is 87.0 Å². The Balaban J connectivity index is 1.95. The molecule has 2 rings (SSSR count). The Morgan fingerprint density at radius 3 is 2.71 bits per heavy atom. The fourth-order valence-electron chi connectivity index (χ4n) is 1.12. The van der Waals surface area contributed by atoms with Crippen LogP contribution < -0.4 is 0 Å². The van der Waals surface area contributed by atoms with Crippen molar-refractivity contribution >= 4 is 11.8 Å². The highest BCUT2D eigenvalue weighted by molar-refractivity contribution is 7.98. The first kappa shape index (κ1) is 9.27. The Morgan fingerprint density at radius 1 is 1.29 bits per heavy atom. The molecule has 1 aromatic heterocycles. The van der Waals surface area contributed by atoms with E-state index >= 15 is 0 Å². The number of aromatic amines is 1. The quantitative estimate of drug-likeness (QED) is 0.782. The minimum Gasteiger partial charge on any atom is -0.263 e. The predicted molar refractivity (Wildman–Crippen MR) is 57.1 cm³/mol. The Morgan fingerprint density at radius 2 is 2.07 bits per heavy atom. The monoisotopic (exact) mass is 205 g/mol. The molecule has 1 heterocycles. The molecule has 0 amide bonds. The van der Waals surface area contributed by atoms with Gasteiger partial charge in [0.1, 0.15) is 5.82 Å². The van der Waals surface area contributed by atoms with E-state index in [1.54, 1.807) is 11.8 Å². The van der Waals surface area contributed by atoms with Crippen molar-refractivity contribution < 1.29 is 0 Å². The van der Waals surface area contributed by atoms with Gasteiger partial charge in [0.25, 0.3) is 0 Å². The van der Waals surface area contributed by atoms with Crippen molar-refractivity contribution in [2.75, 3.05) is 0 Å². The van der Waals surface area contributed by atoms with Crippen LogP contribution in [0.5, 0.6) is 0 Å². The number of hydrogen-bond acceptors (Lipinski definition) is 3. The molecule has 0 aliphatic heterocycles. The minimum absolute atomic E-state index is 0.814. The number of nitrogens with zero attached hydrogens (tertiary/aromatic N) is 2. The van der Waals surface area contributed by atoms with Gasteiger partial charge in [0.15, 0.2) is 5.82 Å². The molecule has 14 heavy (non-hydrogen) atoms. The van der Waals surface area contributed by atoms with E-state index in [-0.39, 0.29) is 0 Å². The fourth-order valence-corrected chi connectivity index (χ4v) is 1.89. The highest BCUT2D eigenvalue weighted by atomic mass is 32.2. The van der Waals surface area contributed by atoms with Gasteiger partial charge in [-0.3, -0.25) is 5.10 Å². The van der Waals surface area contributed by atoms with Gasteiger partial charge < -0.3 is 0 Å². The third kappa shape index (κ3) is 2.35. The van der Waals surface area contributed by atoms with Crippen LogP contribution >= 0.6 is 11.8 Å². The summed E-state index contributed by atoms with van der Waals surface area (Å²) >= 11 is 1.74. The summed E-state index contributed by atoms with van der Waals surface area (Å²) in [6.45, 7) is 1.91. The topological polar surface area (TPSA) is 41.6 Å². The van der Waals surface area contributed by atoms with Crippen molar-refractivity contribution in [3.05, 3.63) is 42.0 Å². The summed E-state index contributed by atoms with van der Waals surface area (Å²) in [5, 5.41) is 6.90. The third-order valence-electron chi connectivity index (χ3n) is 1.75. The van der Waals surface area contributed by atoms with Crippen LogP contribution in [0.3, 0.4) is 0 Å². The van der Waals surface area contributed by atoms with E-state index in [2.05, 4.69) is 27.3 Å². The molecule has 0 fully saturated rings. The van der Waals surface area contributed by atoms with Crippen LogP contribution in [0.4, 0.5) is 0 Å². The molecule has 2 aromatic rings. The molecule has 72 valence electrons. The van der Waals surface area contributed by atoms with Crippen LogP contribution in [0.25, 0.3) is 0 Å². The van der Waals surface area contributed by atoms with Crippen molar-refractivity contribution in [1.82, 2.24) is 15.2 Å². The number of benzene rings is 1. The molecule has 0 aliphatic carbocycles. The van der Waals surface area contributed by atoms with Crippen LogP contribution in [0.15, 0.2) is 35.2 Å².